The zero-order valence-corrected chi connectivity index (χ0v) is 17.5. The maximum Gasteiger partial charge on any atom is 0.264 e. The highest BCUT2D eigenvalue weighted by molar-refractivity contribution is 7.92. The first kappa shape index (κ1) is 19.9. The van der Waals surface area contributed by atoms with Gasteiger partial charge in [0.2, 0.25) is 0 Å². The van der Waals surface area contributed by atoms with Crippen LogP contribution in [0, 0.1) is 0 Å². The predicted molar refractivity (Wildman–Crippen MR) is 113 cm³/mol. The van der Waals surface area contributed by atoms with Gasteiger partial charge >= 0.3 is 0 Å². The molecule has 1 amide bonds. The van der Waals surface area contributed by atoms with Crippen molar-refractivity contribution in [2.75, 3.05) is 30.5 Å². The van der Waals surface area contributed by atoms with Crippen LogP contribution in [0.5, 0.6) is 0 Å². The minimum Gasteiger partial charge on any atom is -0.349 e. The van der Waals surface area contributed by atoms with Crippen LogP contribution >= 0.6 is 0 Å². The summed E-state index contributed by atoms with van der Waals surface area (Å²) in [5.74, 6) is -0.200. The highest BCUT2D eigenvalue weighted by Crippen LogP contribution is 2.32. The fourth-order valence-electron chi connectivity index (χ4n) is 4.28. The summed E-state index contributed by atoms with van der Waals surface area (Å²) in [4.78, 5) is 14.5. The number of fused-ring (bicyclic) bond motifs is 1. The van der Waals surface area contributed by atoms with Crippen molar-refractivity contribution in [3.63, 3.8) is 0 Å². The van der Waals surface area contributed by atoms with Gasteiger partial charge < -0.3 is 10.2 Å². The Hall–Kier alpha value is -2.38. The van der Waals surface area contributed by atoms with Crippen LogP contribution in [0.2, 0.25) is 0 Å². The second kappa shape index (κ2) is 8.16. The van der Waals surface area contributed by atoms with Crippen molar-refractivity contribution in [1.29, 1.82) is 0 Å². The predicted octanol–water partition coefficient (Wildman–Crippen LogP) is 1.24. The molecule has 4 rings (SSSR count). The Morgan fingerprint density at radius 2 is 1.90 bits per heavy atom. The first-order chi connectivity index (χ1) is 14.0. The van der Waals surface area contributed by atoms with Crippen LogP contribution in [-0.4, -0.2) is 46.5 Å². The Morgan fingerprint density at radius 1 is 1.14 bits per heavy atom. The van der Waals surface area contributed by atoms with Gasteiger partial charge in [-0.3, -0.25) is 9.10 Å². The molecule has 0 spiro atoms. The van der Waals surface area contributed by atoms with Gasteiger partial charge in [0.1, 0.15) is 0 Å². The second-order valence-electron chi connectivity index (χ2n) is 7.84. The van der Waals surface area contributed by atoms with E-state index < -0.39 is 10.0 Å². The lowest BCUT2D eigenvalue weighted by atomic mass is 10.0. The number of para-hydroxylation sites is 1. The number of rotatable bonds is 5. The minimum atomic E-state index is -3.70. The number of nitrogens with zero attached hydrogens (tertiary/aromatic N) is 1. The summed E-state index contributed by atoms with van der Waals surface area (Å²) in [6.45, 7) is 5.84. The number of hydrogen-bond donors (Lipinski definition) is 2. The number of likely N-dealkylation sites (tertiary alicyclic amines) is 1. The van der Waals surface area contributed by atoms with E-state index in [0.717, 1.165) is 43.7 Å². The third kappa shape index (κ3) is 4.02. The molecule has 0 aromatic heterocycles. The van der Waals surface area contributed by atoms with E-state index in [0.29, 0.717) is 18.5 Å². The number of nitrogens with one attached hydrogen (secondary N) is 2. The number of amides is 1. The summed E-state index contributed by atoms with van der Waals surface area (Å²) in [6, 6.07) is 14.1. The van der Waals surface area contributed by atoms with Crippen LogP contribution in [0.4, 0.5) is 5.69 Å². The number of anilines is 1. The topological polar surface area (TPSA) is 70.9 Å². The van der Waals surface area contributed by atoms with Crippen molar-refractivity contribution in [1.82, 2.24) is 5.32 Å². The first-order valence-corrected chi connectivity index (χ1v) is 11.8. The molecule has 6 nitrogen and oxygen atoms in total. The number of benzene rings is 2. The zero-order valence-electron chi connectivity index (χ0n) is 16.7. The normalized spacial score (nSPS) is 21.6. The molecule has 1 fully saturated rings. The van der Waals surface area contributed by atoms with Crippen molar-refractivity contribution >= 4 is 21.6 Å². The molecule has 2 aliphatic heterocycles. The van der Waals surface area contributed by atoms with Gasteiger partial charge in [-0.25, -0.2) is 8.42 Å². The van der Waals surface area contributed by atoms with E-state index in [-0.39, 0.29) is 16.8 Å². The number of carbonyl (C=O) groups excluding carboxylic acids is 1. The molecule has 1 saturated heterocycles. The van der Waals surface area contributed by atoms with Crippen molar-refractivity contribution in [3.8, 4) is 0 Å². The van der Waals surface area contributed by atoms with Crippen molar-refractivity contribution < 1.29 is 18.1 Å². The monoisotopic (exact) mass is 414 g/mol. The third-order valence-electron chi connectivity index (χ3n) is 6.06. The summed E-state index contributed by atoms with van der Waals surface area (Å²) >= 11 is 0. The van der Waals surface area contributed by atoms with Gasteiger partial charge in [-0.15, -0.1) is 0 Å². The average molecular weight is 415 g/mol. The van der Waals surface area contributed by atoms with E-state index in [4.69, 9.17) is 0 Å². The largest absolute Gasteiger partial charge is 0.349 e. The molecule has 7 heteroatoms. The molecule has 29 heavy (non-hydrogen) atoms. The molecular weight excluding hydrogens is 386 g/mol. The summed E-state index contributed by atoms with van der Waals surface area (Å²) in [6.07, 6.45) is 2.61. The van der Waals surface area contributed by atoms with E-state index in [9.17, 15) is 13.2 Å². The number of piperidine rings is 1. The maximum absolute atomic E-state index is 13.2. The quantitative estimate of drug-likeness (QED) is 0.773. The molecule has 2 heterocycles. The van der Waals surface area contributed by atoms with E-state index in [1.807, 2.05) is 24.3 Å². The van der Waals surface area contributed by atoms with Crippen LogP contribution < -0.4 is 14.5 Å². The molecule has 2 N–H and O–H groups in total. The lowest BCUT2D eigenvalue weighted by Crippen LogP contribution is -3.13. The second-order valence-corrected chi connectivity index (χ2v) is 9.70. The summed E-state index contributed by atoms with van der Waals surface area (Å²) in [7, 11) is -3.70. The molecule has 0 aliphatic carbocycles. The molecule has 2 aliphatic rings. The Kier molecular flexibility index (Phi) is 5.61. The molecular formula is C22H28N3O3S+. The van der Waals surface area contributed by atoms with E-state index in [2.05, 4.69) is 12.2 Å². The number of sulfonamides is 1. The SMILES string of the molecule is CC[NH+]1CCC(NC(=O)c2cccc(S(=O)(=O)N3CCc4ccccc43)c2)CC1. The highest BCUT2D eigenvalue weighted by atomic mass is 32.2. The molecule has 2 aromatic rings. The van der Waals surface area contributed by atoms with Gasteiger partial charge in [-0.1, -0.05) is 24.3 Å². The number of carbonyl (C=O) groups is 1. The fourth-order valence-corrected chi connectivity index (χ4v) is 5.82. The van der Waals surface area contributed by atoms with Gasteiger partial charge in [-0.2, -0.15) is 0 Å². The smallest absolute Gasteiger partial charge is 0.264 e. The Bertz CT molecular complexity index is 998. The van der Waals surface area contributed by atoms with Crippen LogP contribution in [0.1, 0.15) is 35.7 Å². The standard InChI is InChI=1S/C22H27N3O3S/c1-2-24-13-11-19(12-14-24)23-22(26)18-7-5-8-20(16-18)29(27,28)25-15-10-17-6-3-4-9-21(17)25/h3-9,16,19H,2,10-15H2,1H3,(H,23,26)/p+1. The van der Waals surface area contributed by atoms with Crippen LogP contribution in [0.3, 0.4) is 0 Å². The van der Waals surface area contributed by atoms with Gasteiger partial charge in [0, 0.05) is 31.0 Å². The van der Waals surface area contributed by atoms with Gasteiger partial charge in [0.25, 0.3) is 15.9 Å². The average Bonchev–Trinajstić information content (AvgIpc) is 3.19. The van der Waals surface area contributed by atoms with Crippen LogP contribution in [0.15, 0.2) is 53.4 Å². The molecule has 0 unspecified atom stereocenters. The Balaban J connectivity index is 1.51. The Labute approximate surface area is 172 Å². The molecule has 0 saturated carbocycles. The molecule has 0 atom stereocenters. The van der Waals surface area contributed by atoms with Crippen LogP contribution in [0.25, 0.3) is 0 Å². The number of quaternary nitrogens is 1. The van der Waals surface area contributed by atoms with Crippen molar-refractivity contribution in [2.24, 2.45) is 0 Å². The summed E-state index contributed by atoms with van der Waals surface area (Å²) < 4.78 is 27.9. The fraction of sp³-hybridized carbons (Fsp3) is 0.409. The molecule has 0 radical (unpaired) electrons. The molecule has 154 valence electrons. The maximum atomic E-state index is 13.2. The number of hydrogen-bond acceptors (Lipinski definition) is 3. The first-order valence-electron chi connectivity index (χ1n) is 10.3. The van der Waals surface area contributed by atoms with Gasteiger partial charge in [0.15, 0.2) is 0 Å². The Morgan fingerprint density at radius 3 is 2.66 bits per heavy atom. The highest BCUT2D eigenvalue weighted by Gasteiger charge is 2.31. The third-order valence-corrected chi connectivity index (χ3v) is 7.87. The lowest BCUT2D eigenvalue weighted by Gasteiger charge is -2.29. The van der Waals surface area contributed by atoms with E-state index in [1.54, 1.807) is 23.1 Å². The van der Waals surface area contributed by atoms with Gasteiger partial charge in [0.05, 0.1) is 30.2 Å². The van der Waals surface area contributed by atoms with Crippen molar-refractivity contribution in [3.05, 3.63) is 59.7 Å². The van der Waals surface area contributed by atoms with E-state index >= 15 is 0 Å². The summed E-state index contributed by atoms with van der Waals surface area (Å²) in [5, 5.41) is 3.08. The van der Waals surface area contributed by atoms with Crippen LogP contribution in [-0.2, 0) is 16.4 Å². The molecule has 2 aromatic carbocycles. The lowest BCUT2D eigenvalue weighted by molar-refractivity contribution is -0.903. The minimum absolute atomic E-state index is 0.156. The summed E-state index contributed by atoms with van der Waals surface area (Å²) in [5.41, 5.74) is 2.15. The molecule has 0 bridgehead atoms. The van der Waals surface area contributed by atoms with Gasteiger partial charge in [-0.05, 0) is 43.2 Å². The van der Waals surface area contributed by atoms with E-state index in [1.165, 1.54) is 10.4 Å². The zero-order chi connectivity index (χ0) is 20.4. The van der Waals surface area contributed by atoms with Crippen molar-refractivity contribution in [2.45, 2.75) is 37.1 Å².